The van der Waals surface area contributed by atoms with Crippen molar-refractivity contribution in [3.63, 3.8) is 0 Å². The third-order valence-electron chi connectivity index (χ3n) is 3.67. The minimum Gasteiger partial charge on any atom is -0.296 e. The second kappa shape index (κ2) is 4.74. The van der Waals surface area contributed by atoms with Gasteiger partial charge in [-0.2, -0.15) is 0 Å². The van der Waals surface area contributed by atoms with Gasteiger partial charge in [0.2, 0.25) is 5.78 Å². The number of nitrogens with zero attached hydrogens (tertiary/aromatic N) is 2. The Labute approximate surface area is 134 Å². The molecule has 0 N–H and O–H groups in total. The first-order chi connectivity index (χ1) is 10.7. The molecule has 0 bridgehead atoms. The Balaban J connectivity index is 2.07. The van der Waals surface area contributed by atoms with E-state index in [2.05, 4.69) is 20.9 Å². The van der Waals surface area contributed by atoms with Crippen LogP contribution in [0.4, 0.5) is 0 Å². The number of benzene rings is 1. The molecule has 0 radical (unpaired) electrons. The van der Waals surface area contributed by atoms with Crippen molar-refractivity contribution in [3.05, 3.63) is 71.7 Å². The van der Waals surface area contributed by atoms with Crippen LogP contribution in [0.1, 0.15) is 21.7 Å². The molecule has 2 heterocycles. The lowest BCUT2D eigenvalue weighted by atomic mass is 9.92. The number of allylic oxidation sites excluding steroid dienone is 1. The Morgan fingerprint density at radius 2 is 1.64 bits per heavy atom. The summed E-state index contributed by atoms with van der Waals surface area (Å²) in [4.78, 5) is 29.6. The number of imidazole rings is 1. The molecule has 0 amide bonds. The van der Waals surface area contributed by atoms with Crippen molar-refractivity contribution in [2.24, 2.45) is 0 Å². The SMILES string of the molecule is O=C1C(=O)c2c(nc3ccccn23)C(Br)=C1c1ccccc1. The van der Waals surface area contributed by atoms with Gasteiger partial charge in [-0.05, 0) is 33.6 Å². The fraction of sp³-hybridized carbons (Fsp3) is 0. The van der Waals surface area contributed by atoms with E-state index in [9.17, 15) is 9.59 Å². The smallest absolute Gasteiger partial charge is 0.252 e. The first-order valence-electron chi connectivity index (χ1n) is 6.70. The zero-order chi connectivity index (χ0) is 15.3. The Bertz CT molecular complexity index is 971. The number of halogens is 1. The first kappa shape index (κ1) is 13.2. The van der Waals surface area contributed by atoms with Crippen molar-refractivity contribution in [3.8, 4) is 0 Å². The topological polar surface area (TPSA) is 51.4 Å². The molecule has 106 valence electrons. The summed E-state index contributed by atoms with van der Waals surface area (Å²) in [5, 5.41) is 0. The molecule has 4 nitrogen and oxygen atoms in total. The van der Waals surface area contributed by atoms with Gasteiger partial charge in [-0.25, -0.2) is 4.98 Å². The maximum atomic E-state index is 12.6. The monoisotopic (exact) mass is 352 g/mol. The van der Waals surface area contributed by atoms with Crippen molar-refractivity contribution in [2.75, 3.05) is 0 Å². The highest BCUT2D eigenvalue weighted by Crippen LogP contribution is 2.38. The van der Waals surface area contributed by atoms with Crippen LogP contribution in [0.3, 0.4) is 0 Å². The standard InChI is InChI=1S/C17H9BrN2O2/c18-13-12(10-6-2-1-3-7-10)16(21)17(22)15-14(13)19-11-8-4-5-9-20(11)15/h1-9H. The van der Waals surface area contributed by atoms with E-state index in [1.54, 1.807) is 22.7 Å². The average Bonchev–Trinajstić information content (AvgIpc) is 2.94. The Kier molecular flexibility index (Phi) is 2.84. The van der Waals surface area contributed by atoms with E-state index in [1.165, 1.54) is 0 Å². The van der Waals surface area contributed by atoms with Crippen LogP contribution < -0.4 is 0 Å². The summed E-state index contributed by atoms with van der Waals surface area (Å²) < 4.78 is 2.21. The average molecular weight is 353 g/mol. The Hall–Kier alpha value is -2.53. The second-order valence-electron chi connectivity index (χ2n) is 4.95. The maximum Gasteiger partial charge on any atom is 0.252 e. The van der Waals surface area contributed by atoms with Crippen LogP contribution in [0.15, 0.2) is 54.7 Å². The van der Waals surface area contributed by atoms with Gasteiger partial charge in [0, 0.05) is 11.8 Å². The number of Topliss-reactive ketones (excluding diaryl/α,β-unsaturated/α-hetero) is 2. The molecule has 4 rings (SSSR count). The van der Waals surface area contributed by atoms with Crippen molar-refractivity contribution in [1.82, 2.24) is 9.38 Å². The highest BCUT2D eigenvalue weighted by atomic mass is 79.9. The van der Waals surface area contributed by atoms with E-state index in [0.717, 1.165) is 0 Å². The first-order valence-corrected chi connectivity index (χ1v) is 7.49. The van der Waals surface area contributed by atoms with Gasteiger partial charge in [0.25, 0.3) is 5.78 Å². The van der Waals surface area contributed by atoms with Gasteiger partial charge in [0.1, 0.15) is 17.0 Å². The van der Waals surface area contributed by atoms with Crippen LogP contribution in [0, 0.1) is 0 Å². The molecule has 0 unspecified atom stereocenters. The molecule has 5 heteroatoms. The van der Waals surface area contributed by atoms with Gasteiger partial charge in [0.15, 0.2) is 0 Å². The minimum absolute atomic E-state index is 0.312. The molecule has 0 aliphatic heterocycles. The zero-order valence-electron chi connectivity index (χ0n) is 11.3. The van der Waals surface area contributed by atoms with Crippen LogP contribution in [0.2, 0.25) is 0 Å². The molecular weight excluding hydrogens is 344 g/mol. The minimum atomic E-state index is -0.532. The van der Waals surface area contributed by atoms with Crippen LogP contribution in [-0.2, 0) is 4.79 Å². The molecule has 0 saturated heterocycles. The third kappa shape index (κ3) is 1.72. The number of pyridine rings is 1. The van der Waals surface area contributed by atoms with Gasteiger partial charge >= 0.3 is 0 Å². The van der Waals surface area contributed by atoms with E-state index in [4.69, 9.17) is 0 Å². The van der Waals surface area contributed by atoms with Gasteiger partial charge in [-0.1, -0.05) is 36.4 Å². The number of fused-ring (bicyclic) bond motifs is 3. The molecule has 0 fully saturated rings. The van der Waals surface area contributed by atoms with Crippen LogP contribution in [-0.4, -0.2) is 21.0 Å². The lowest BCUT2D eigenvalue weighted by molar-refractivity contribution is -0.110. The molecule has 2 aromatic heterocycles. The highest BCUT2D eigenvalue weighted by Gasteiger charge is 2.36. The van der Waals surface area contributed by atoms with Crippen molar-refractivity contribution in [1.29, 1.82) is 0 Å². The van der Waals surface area contributed by atoms with Crippen LogP contribution in [0.5, 0.6) is 0 Å². The Morgan fingerprint density at radius 1 is 0.909 bits per heavy atom. The predicted octanol–water partition coefficient (Wildman–Crippen LogP) is 3.36. The summed E-state index contributed by atoms with van der Waals surface area (Å²) in [6.07, 6.45) is 1.74. The fourth-order valence-electron chi connectivity index (χ4n) is 2.67. The number of carbonyl (C=O) groups is 2. The summed E-state index contributed by atoms with van der Waals surface area (Å²) in [6.45, 7) is 0. The lowest BCUT2D eigenvalue weighted by Gasteiger charge is -2.14. The molecule has 3 aromatic rings. The lowest BCUT2D eigenvalue weighted by Crippen LogP contribution is -2.23. The third-order valence-corrected chi connectivity index (χ3v) is 4.44. The molecule has 1 aliphatic carbocycles. The zero-order valence-corrected chi connectivity index (χ0v) is 12.9. The summed E-state index contributed by atoms with van der Waals surface area (Å²) in [7, 11) is 0. The number of hydrogen-bond donors (Lipinski definition) is 0. The Morgan fingerprint density at radius 3 is 2.41 bits per heavy atom. The second-order valence-corrected chi connectivity index (χ2v) is 5.74. The van der Waals surface area contributed by atoms with Crippen molar-refractivity contribution in [2.45, 2.75) is 0 Å². The van der Waals surface area contributed by atoms with E-state index in [1.807, 2.05) is 36.4 Å². The predicted molar refractivity (Wildman–Crippen MR) is 86.7 cm³/mol. The van der Waals surface area contributed by atoms with Crippen molar-refractivity contribution < 1.29 is 9.59 Å². The molecule has 1 aliphatic rings. The summed E-state index contributed by atoms with van der Waals surface area (Å²) in [6, 6.07) is 14.6. The number of carbonyl (C=O) groups excluding carboxylic acids is 2. The van der Waals surface area contributed by atoms with E-state index in [-0.39, 0.29) is 0 Å². The van der Waals surface area contributed by atoms with Crippen LogP contribution in [0.25, 0.3) is 15.7 Å². The van der Waals surface area contributed by atoms with Gasteiger partial charge in [-0.3, -0.25) is 14.0 Å². The largest absolute Gasteiger partial charge is 0.296 e. The number of hydrogen-bond acceptors (Lipinski definition) is 3. The fourth-order valence-corrected chi connectivity index (χ4v) is 3.35. The van der Waals surface area contributed by atoms with Gasteiger partial charge in [0.05, 0.1) is 4.48 Å². The maximum absolute atomic E-state index is 12.6. The van der Waals surface area contributed by atoms with E-state index in [0.29, 0.717) is 32.7 Å². The molecule has 0 saturated carbocycles. The number of rotatable bonds is 1. The van der Waals surface area contributed by atoms with Crippen LogP contribution >= 0.6 is 15.9 Å². The van der Waals surface area contributed by atoms with E-state index < -0.39 is 11.6 Å². The molecular formula is C17H9BrN2O2. The number of ketones is 2. The normalized spacial score (nSPS) is 14.6. The molecule has 0 atom stereocenters. The molecule has 1 aromatic carbocycles. The number of aromatic nitrogens is 2. The van der Waals surface area contributed by atoms with Crippen molar-refractivity contribution >= 4 is 43.2 Å². The van der Waals surface area contributed by atoms with Gasteiger partial charge in [-0.15, -0.1) is 0 Å². The summed E-state index contributed by atoms with van der Waals surface area (Å²) in [5.41, 5.74) is 2.53. The molecule has 22 heavy (non-hydrogen) atoms. The van der Waals surface area contributed by atoms with Gasteiger partial charge < -0.3 is 0 Å². The summed E-state index contributed by atoms with van der Waals surface area (Å²) in [5.74, 6) is -1.05. The summed E-state index contributed by atoms with van der Waals surface area (Å²) >= 11 is 3.47. The molecule has 0 spiro atoms. The quantitative estimate of drug-likeness (QED) is 0.631. The van der Waals surface area contributed by atoms with E-state index >= 15 is 0 Å². The highest BCUT2D eigenvalue weighted by molar-refractivity contribution is 9.15.